The average molecular weight is 401 g/mol. The summed E-state index contributed by atoms with van der Waals surface area (Å²) in [5.41, 5.74) is 1.16. The Kier molecular flexibility index (Phi) is 4.54. The van der Waals surface area contributed by atoms with Crippen LogP contribution in [0.5, 0.6) is 0 Å². The molecule has 0 bridgehead atoms. The van der Waals surface area contributed by atoms with Crippen LogP contribution >= 0.6 is 0 Å². The van der Waals surface area contributed by atoms with E-state index in [1.165, 1.54) is 12.3 Å². The van der Waals surface area contributed by atoms with Crippen molar-refractivity contribution in [3.05, 3.63) is 58.9 Å². The standard InChI is InChI=1S/C19H19N3O5S/c23-17(14-9-16(20-10-14)19(25)21-7-3-4-8-21)11-22-18(24)15-6-2-1-5-13(15)12-28(22,26)27/h1-2,5-6,9-10,20H,3-4,7-8,11-12H2. The SMILES string of the molecule is O=C(CN1C(=O)c2ccccc2CS1(=O)=O)c1c[nH]c(C(=O)N2CCCC2)c1. The van der Waals surface area contributed by atoms with Crippen molar-refractivity contribution in [2.75, 3.05) is 19.6 Å². The van der Waals surface area contributed by atoms with Gasteiger partial charge in [-0.05, 0) is 30.5 Å². The van der Waals surface area contributed by atoms with Gasteiger partial charge in [0.05, 0.1) is 5.75 Å². The molecule has 0 atom stereocenters. The van der Waals surface area contributed by atoms with Crippen molar-refractivity contribution in [3.63, 3.8) is 0 Å². The molecule has 0 aliphatic carbocycles. The first kappa shape index (κ1) is 18.4. The van der Waals surface area contributed by atoms with Crippen LogP contribution < -0.4 is 0 Å². The number of sulfonamides is 1. The fourth-order valence-electron chi connectivity index (χ4n) is 3.55. The van der Waals surface area contributed by atoms with Crippen molar-refractivity contribution in [1.29, 1.82) is 0 Å². The summed E-state index contributed by atoms with van der Waals surface area (Å²) >= 11 is 0. The maximum absolute atomic E-state index is 12.6. The van der Waals surface area contributed by atoms with E-state index < -0.39 is 28.3 Å². The highest BCUT2D eigenvalue weighted by molar-refractivity contribution is 7.89. The fourth-order valence-corrected chi connectivity index (χ4v) is 5.02. The van der Waals surface area contributed by atoms with Gasteiger partial charge in [-0.2, -0.15) is 0 Å². The Morgan fingerprint density at radius 1 is 1.11 bits per heavy atom. The van der Waals surface area contributed by atoms with E-state index in [4.69, 9.17) is 0 Å². The van der Waals surface area contributed by atoms with E-state index in [1.54, 1.807) is 29.2 Å². The van der Waals surface area contributed by atoms with E-state index in [1.807, 2.05) is 0 Å². The summed E-state index contributed by atoms with van der Waals surface area (Å²) < 4.78 is 25.6. The highest BCUT2D eigenvalue weighted by Crippen LogP contribution is 2.25. The predicted molar refractivity (Wildman–Crippen MR) is 100 cm³/mol. The van der Waals surface area contributed by atoms with Crippen molar-refractivity contribution in [3.8, 4) is 0 Å². The third kappa shape index (κ3) is 3.22. The van der Waals surface area contributed by atoms with Gasteiger partial charge in [0.15, 0.2) is 5.78 Å². The molecule has 2 aliphatic heterocycles. The number of Topliss-reactive ketones (excluding diaryl/α,β-unsaturated/α-hetero) is 1. The van der Waals surface area contributed by atoms with Crippen LogP contribution in [0.2, 0.25) is 0 Å². The minimum absolute atomic E-state index is 0.171. The summed E-state index contributed by atoms with van der Waals surface area (Å²) in [6, 6.07) is 7.87. The number of carbonyl (C=O) groups excluding carboxylic acids is 3. The number of aromatic amines is 1. The van der Waals surface area contributed by atoms with Gasteiger partial charge in [0.25, 0.3) is 11.8 Å². The van der Waals surface area contributed by atoms with Gasteiger partial charge in [-0.25, -0.2) is 12.7 Å². The number of hydrogen-bond donors (Lipinski definition) is 1. The first-order chi connectivity index (χ1) is 13.4. The molecule has 8 nitrogen and oxygen atoms in total. The van der Waals surface area contributed by atoms with Crippen molar-refractivity contribution in [2.45, 2.75) is 18.6 Å². The lowest BCUT2D eigenvalue weighted by Gasteiger charge is -2.27. The molecule has 4 rings (SSSR count). The van der Waals surface area contributed by atoms with Crippen LogP contribution in [0.15, 0.2) is 36.5 Å². The number of carbonyl (C=O) groups is 3. The molecular formula is C19H19N3O5S. The molecule has 0 radical (unpaired) electrons. The summed E-state index contributed by atoms with van der Waals surface area (Å²) in [5.74, 6) is -1.77. The van der Waals surface area contributed by atoms with Crippen molar-refractivity contribution >= 4 is 27.6 Å². The maximum Gasteiger partial charge on any atom is 0.270 e. The van der Waals surface area contributed by atoms with Crippen molar-refractivity contribution in [1.82, 2.24) is 14.2 Å². The van der Waals surface area contributed by atoms with Crippen LogP contribution in [0, 0.1) is 0 Å². The number of nitrogens with one attached hydrogen (secondary N) is 1. The third-order valence-corrected chi connectivity index (χ3v) is 6.71. The number of H-pyrrole nitrogens is 1. The highest BCUT2D eigenvalue weighted by Gasteiger charge is 2.37. The number of nitrogens with zero attached hydrogens (tertiary/aromatic N) is 2. The van der Waals surface area contributed by atoms with Crippen LogP contribution in [0.25, 0.3) is 0 Å². The van der Waals surface area contributed by atoms with Crippen LogP contribution in [0.1, 0.15) is 49.6 Å². The van der Waals surface area contributed by atoms with Gasteiger partial charge in [-0.15, -0.1) is 0 Å². The quantitative estimate of drug-likeness (QED) is 0.780. The molecule has 1 saturated heterocycles. The first-order valence-corrected chi connectivity index (χ1v) is 10.6. The number of ketones is 1. The molecule has 1 N–H and O–H groups in total. The van der Waals surface area contributed by atoms with Gasteiger partial charge in [-0.3, -0.25) is 14.4 Å². The Labute approximate surface area is 162 Å². The zero-order chi connectivity index (χ0) is 19.9. The number of fused-ring (bicyclic) bond motifs is 1. The summed E-state index contributed by atoms with van der Waals surface area (Å²) in [7, 11) is -3.93. The molecule has 2 aliphatic rings. The second-order valence-corrected chi connectivity index (χ2v) is 8.84. The number of hydrogen-bond acceptors (Lipinski definition) is 5. The summed E-state index contributed by atoms with van der Waals surface area (Å²) in [4.78, 5) is 42.1. The fraction of sp³-hybridized carbons (Fsp3) is 0.316. The van der Waals surface area contributed by atoms with Gasteiger partial charge >= 0.3 is 0 Å². The molecular weight excluding hydrogens is 382 g/mol. The molecule has 28 heavy (non-hydrogen) atoms. The lowest BCUT2D eigenvalue weighted by atomic mass is 10.1. The molecule has 0 unspecified atom stereocenters. The first-order valence-electron chi connectivity index (χ1n) is 9.00. The molecule has 3 heterocycles. The topological polar surface area (TPSA) is 108 Å². The van der Waals surface area contributed by atoms with Crippen LogP contribution in [-0.4, -0.2) is 59.8 Å². The van der Waals surface area contributed by atoms with E-state index in [0.29, 0.717) is 23.0 Å². The maximum atomic E-state index is 12.6. The van der Waals surface area contributed by atoms with E-state index in [-0.39, 0.29) is 28.5 Å². The Morgan fingerprint density at radius 3 is 2.57 bits per heavy atom. The minimum atomic E-state index is -3.93. The van der Waals surface area contributed by atoms with E-state index >= 15 is 0 Å². The van der Waals surface area contributed by atoms with Crippen LogP contribution in [-0.2, 0) is 15.8 Å². The summed E-state index contributed by atoms with van der Waals surface area (Å²) in [6.45, 7) is 0.771. The monoisotopic (exact) mass is 401 g/mol. The lowest BCUT2D eigenvalue weighted by Crippen LogP contribution is -2.44. The Hall–Kier alpha value is -2.94. The van der Waals surface area contributed by atoms with Crippen molar-refractivity contribution in [2.24, 2.45) is 0 Å². The Bertz CT molecular complexity index is 1070. The molecule has 2 amide bonds. The van der Waals surface area contributed by atoms with Crippen LogP contribution in [0.4, 0.5) is 0 Å². The summed E-state index contributed by atoms with van der Waals surface area (Å²) in [6.07, 6.45) is 3.28. The number of benzene rings is 1. The molecule has 0 spiro atoms. The van der Waals surface area contributed by atoms with Gasteiger partial charge < -0.3 is 9.88 Å². The third-order valence-electron chi connectivity index (χ3n) is 5.06. The number of likely N-dealkylation sites (tertiary alicyclic amines) is 1. The molecule has 9 heteroatoms. The van der Waals surface area contributed by atoms with Gasteiger partial charge in [0.2, 0.25) is 10.0 Å². The molecule has 1 fully saturated rings. The normalized spacial score (nSPS) is 18.2. The largest absolute Gasteiger partial charge is 0.356 e. The predicted octanol–water partition coefficient (Wildman–Crippen LogP) is 1.42. The Morgan fingerprint density at radius 2 is 1.82 bits per heavy atom. The summed E-state index contributed by atoms with van der Waals surface area (Å²) in [5, 5.41) is 0. The lowest BCUT2D eigenvalue weighted by molar-refractivity contribution is 0.0786. The zero-order valence-electron chi connectivity index (χ0n) is 15.1. The smallest absolute Gasteiger partial charge is 0.270 e. The number of aromatic nitrogens is 1. The second kappa shape index (κ2) is 6.90. The van der Waals surface area contributed by atoms with Gasteiger partial charge in [0, 0.05) is 30.4 Å². The van der Waals surface area contributed by atoms with E-state index in [2.05, 4.69) is 4.98 Å². The zero-order valence-corrected chi connectivity index (χ0v) is 15.9. The molecule has 146 valence electrons. The van der Waals surface area contributed by atoms with Gasteiger partial charge in [0.1, 0.15) is 12.2 Å². The molecule has 0 saturated carbocycles. The minimum Gasteiger partial charge on any atom is -0.356 e. The molecule has 2 aromatic rings. The molecule has 1 aromatic heterocycles. The van der Waals surface area contributed by atoms with Gasteiger partial charge in [-0.1, -0.05) is 18.2 Å². The van der Waals surface area contributed by atoms with Crippen molar-refractivity contribution < 1.29 is 22.8 Å². The average Bonchev–Trinajstić information content (AvgIpc) is 3.36. The van der Waals surface area contributed by atoms with Crippen LogP contribution in [0.3, 0.4) is 0 Å². The Balaban J connectivity index is 1.54. The number of amides is 2. The van der Waals surface area contributed by atoms with E-state index in [0.717, 1.165) is 12.8 Å². The number of rotatable bonds is 4. The molecule has 1 aromatic carbocycles. The second-order valence-electron chi connectivity index (χ2n) is 6.95. The highest BCUT2D eigenvalue weighted by atomic mass is 32.2. The van der Waals surface area contributed by atoms with E-state index in [9.17, 15) is 22.8 Å².